The number of anilines is 1. The highest BCUT2D eigenvalue weighted by atomic mass is 19.4. The van der Waals surface area contributed by atoms with E-state index in [0.717, 1.165) is 34.3 Å². The number of aryl methyl sites for hydroxylation is 1. The fourth-order valence-corrected chi connectivity index (χ4v) is 6.02. The van der Waals surface area contributed by atoms with Gasteiger partial charge in [-0.3, -0.25) is 9.59 Å². The van der Waals surface area contributed by atoms with Crippen LogP contribution in [0.1, 0.15) is 44.0 Å². The van der Waals surface area contributed by atoms with Crippen molar-refractivity contribution in [2.75, 3.05) is 32.8 Å². The van der Waals surface area contributed by atoms with Crippen LogP contribution in [0.25, 0.3) is 11.1 Å². The van der Waals surface area contributed by atoms with E-state index in [0.29, 0.717) is 36.3 Å². The van der Waals surface area contributed by atoms with Crippen molar-refractivity contribution in [2.24, 2.45) is 0 Å². The number of halogens is 3. The number of aromatic nitrogens is 1. The quantitative estimate of drug-likeness (QED) is 0.243. The highest BCUT2D eigenvalue weighted by Crippen LogP contribution is 2.39. The van der Waals surface area contributed by atoms with Gasteiger partial charge in [0.25, 0.3) is 5.91 Å². The Kier molecular flexibility index (Phi) is 9.45. The molecule has 7 nitrogen and oxygen atoms in total. The van der Waals surface area contributed by atoms with Gasteiger partial charge in [0.05, 0.1) is 31.2 Å². The van der Waals surface area contributed by atoms with Crippen molar-refractivity contribution < 1.29 is 32.2 Å². The molecule has 3 aromatic carbocycles. The smallest absolute Gasteiger partial charge is 0.382 e. The van der Waals surface area contributed by atoms with Crippen molar-refractivity contribution in [3.8, 4) is 11.1 Å². The molecule has 2 heterocycles. The van der Waals surface area contributed by atoms with Crippen LogP contribution in [0, 0.1) is 6.92 Å². The zero-order chi connectivity index (χ0) is 32.3. The van der Waals surface area contributed by atoms with Crippen LogP contribution in [-0.2, 0) is 46.4 Å². The molecule has 1 aliphatic heterocycles. The lowest BCUT2D eigenvalue weighted by atomic mass is 9.94. The van der Waals surface area contributed by atoms with Crippen LogP contribution in [0.5, 0.6) is 0 Å². The van der Waals surface area contributed by atoms with Gasteiger partial charge in [-0.1, -0.05) is 42.5 Å². The molecule has 0 saturated heterocycles. The van der Waals surface area contributed by atoms with E-state index in [2.05, 4.69) is 9.88 Å². The Bertz CT molecular complexity index is 1710. The number of fused-ring (bicyclic) bond motifs is 2. The summed E-state index contributed by atoms with van der Waals surface area (Å²) >= 11 is 0. The number of hydrogen-bond donors (Lipinski definition) is 1. The molecule has 0 spiro atoms. The Morgan fingerprint density at radius 3 is 2.38 bits per heavy atom. The predicted molar refractivity (Wildman–Crippen MR) is 166 cm³/mol. The molecule has 0 saturated carbocycles. The fraction of sp³-hybridized carbons (Fsp3) is 0.314. The number of hydrogen-bond acceptors (Lipinski definition) is 4. The van der Waals surface area contributed by atoms with Gasteiger partial charge in [0.15, 0.2) is 0 Å². The van der Waals surface area contributed by atoms with E-state index in [-0.39, 0.29) is 36.4 Å². The van der Waals surface area contributed by atoms with E-state index < -0.39 is 11.7 Å². The Balaban J connectivity index is 1.57. The van der Waals surface area contributed by atoms with Gasteiger partial charge in [-0.2, -0.15) is 13.2 Å². The minimum atomic E-state index is -4.51. The van der Waals surface area contributed by atoms with Crippen LogP contribution in [0.15, 0.2) is 72.8 Å². The molecule has 236 valence electrons. The van der Waals surface area contributed by atoms with Gasteiger partial charge >= 0.3 is 6.18 Å². The first-order chi connectivity index (χ1) is 21.5. The maximum absolute atomic E-state index is 14.3. The largest absolute Gasteiger partial charge is 0.417 e. The number of likely N-dealkylation sites (N-methyl/N-ethyl adjacent to an activating group) is 1. The second kappa shape index (κ2) is 13.3. The first-order valence-corrected chi connectivity index (χ1v) is 14.6. The average molecular weight is 620 g/mol. The Hall–Kier alpha value is -4.41. The van der Waals surface area contributed by atoms with E-state index in [4.69, 9.17) is 9.47 Å². The number of nitrogens with zero attached hydrogens (tertiary/aromatic N) is 2. The molecule has 4 aromatic rings. The summed E-state index contributed by atoms with van der Waals surface area (Å²) in [4.78, 5) is 28.5. The lowest BCUT2D eigenvalue weighted by Crippen LogP contribution is -2.31. The molecule has 1 atom stereocenters. The summed E-state index contributed by atoms with van der Waals surface area (Å²) in [5.74, 6) is -0.412. The molecule has 0 radical (unpaired) electrons. The molecule has 0 fully saturated rings. The first-order valence-electron chi connectivity index (χ1n) is 14.6. The van der Waals surface area contributed by atoms with Gasteiger partial charge in [0, 0.05) is 56.9 Å². The third-order valence-corrected chi connectivity index (χ3v) is 8.30. The monoisotopic (exact) mass is 619 g/mol. The number of carbonyl (C=O) groups excluding carboxylic acids is 2. The van der Waals surface area contributed by atoms with Crippen molar-refractivity contribution in [3.63, 3.8) is 0 Å². The summed E-state index contributed by atoms with van der Waals surface area (Å²) in [6.07, 6.45) is -4.07. The van der Waals surface area contributed by atoms with Crippen molar-refractivity contribution >= 4 is 17.5 Å². The lowest BCUT2D eigenvalue weighted by Gasteiger charge is -2.24. The summed E-state index contributed by atoms with van der Waals surface area (Å²) in [7, 11) is 4.82. The van der Waals surface area contributed by atoms with Gasteiger partial charge in [-0.15, -0.1) is 0 Å². The number of para-hydroxylation sites is 1. The van der Waals surface area contributed by atoms with Crippen LogP contribution in [0.3, 0.4) is 0 Å². The Labute approximate surface area is 260 Å². The average Bonchev–Trinajstić information content (AvgIpc) is 3.21. The minimum Gasteiger partial charge on any atom is -0.382 e. The van der Waals surface area contributed by atoms with Gasteiger partial charge < -0.3 is 24.3 Å². The molecule has 0 aliphatic carbocycles. The number of ether oxygens (including phenoxy) is 2. The number of nitrogens with one attached hydrogen (secondary N) is 1. The van der Waals surface area contributed by atoms with Crippen LogP contribution in [0.2, 0.25) is 0 Å². The molecule has 1 aliphatic rings. The highest BCUT2D eigenvalue weighted by Gasteiger charge is 2.34. The molecule has 1 unspecified atom stereocenters. The lowest BCUT2D eigenvalue weighted by molar-refractivity contribution is -0.137. The van der Waals surface area contributed by atoms with Crippen molar-refractivity contribution in [1.82, 2.24) is 9.88 Å². The zero-order valence-electron chi connectivity index (χ0n) is 25.7. The standard InChI is InChI=1S/C35H36F3N3O4/c1-22-15-23(13-14-28(22)29-10-6-7-11-30(29)35(36,37)38)34(43)41-20-32-25(17-27(45-4)21-44-3)16-26(18-33(42)39-2)40(32)19-24-9-5-8-12-31(24)41/h5-16,27H,17-21H2,1-4H3,(H,39,42). The van der Waals surface area contributed by atoms with E-state index in [1.54, 1.807) is 57.4 Å². The number of benzene rings is 3. The third-order valence-electron chi connectivity index (χ3n) is 8.30. The van der Waals surface area contributed by atoms with Gasteiger partial charge in [-0.25, -0.2) is 0 Å². The van der Waals surface area contributed by atoms with Crippen LogP contribution < -0.4 is 10.2 Å². The van der Waals surface area contributed by atoms with Crippen molar-refractivity contribution in [2.45, 2.75) is 45.1 Å². The van der Waals surface area contributed by atoms with Crippen molar-refractivity contribution in [3.05, 3.63) is 112 Å². The molecule has 1 N–H and O–H groups in total. The van der Waals surface area contributed by atoms with E-state index in [1.807, 2.05) is 30.3 Å². The number of rotatable bonds is 9. The number of amides is 2. The minimum absolute atomic E-state index is 0.0662. The summed E-state index contributed by atoms with van der Waals surface area (Å²) in [6, 6.07) is 19.9. The van der Waals surface area contributed by atoms with Gasteiger partial charge in [-0.05, 0) is 65.1 Å². The topological polar surface area (TPSA) is 72.8 Å². The number of alkyl halides is 3. The summed E-state index contributed by atoms with van der Waals surface area (Å²) < 4.78 is 54.5. The van der Waals surface area contributed by atoms with Gasteiger partial charge in [0.1, 0.15) is 0 Å². The summed E-state index contributed by atoms with van der Waals surface area (Å²) in [6.45, 7) is 2.76. The van der Waals surface area contributed by atoms with E-state index >= 15 is 0 Å². The molecule has 10 heteroatoms. The molecular formula is C35H36F3N3O4. The Morgan fingerprint density at radius 2 is 1.69 bits per heavy atom. The van der Waals surface area contributed by atoms with Crippen molar-refractivity contribution in [1.29, 1.82) is 0 Å². The first kappa shape index (κ1) is 32.0. The number of carbonyl (C=O) groups is 2. The third kappa shape index (κ3) is 6.67. The number of methoxy groups -OCH3 is 2. The zero-order valence-corrected chi connectivity index (χ0v) is 25.7. The maximum atomic E-state index is 14.3. The normalized spacial score (nSPS) is 13.5. The van der Waals surface area contributed by atoms with Crippen LogP contribution in [0.4, 0.5) is 18.9 Å². The van der Waals surface area contributed by atoms with Crippen LogP contribution in [-0.4, -0.2) is 50.4 Å². The van der Waals surface area contributed by atoms with E-state index in [9.17, 15) is 22.8 Å². The maximum Gasteiger partial charge on any atom is 0.417 e. The fourth-order valence-electron chi connectivity index (χ4n) is 6.02. The second-order valence-electron chi connectivity index (χ2n) is 11.2. The second-order valence-corrected chi connectivity index (χ2v) is 11.2. The highest BCUT2D eigenvalue weighted by molar-refractivity contribution is 6.07. The SMILES string of the molecule is CNC(=O)Cc1cc(CC(COC)OC)c2n1Cc1ccccc1N(C(=O)c1ccc(-c3ccccc3C(F)(F)F)c(C)c1)C2. The molecule has 45 heavy (non-hydrogen) atoms. The summed E-state index contributed by atoms with van der Waals surface area (Å²) in [5, 5.41) is 2.69. The van der Waals surface area contributed by atoms with Gasteiger partial charge in [0.2, 0.25) is 5.91 Å². The molecular weight excluding hydrogens is 583 g/mol. The van der Waals surface area contributed by atoms with E-state index in [1.165, 1.54) is 12.1 Å². The molecule has 1 aromatic heterocycles. The predicted octanol–water partition coefficient (Wildman–Crippen LogP) is 6.18. The Morgan fingerprint density at radius 1 is 0.956 bits per heavy atom. The van der Waals surface area contributed by atoms with Crippen LogP contribution >= 0.6 is 0 Å². The molecule has 2 amide bonds. The summed E-state index contributed by atoms with van der Waals surface area (Å²) in [5.41, 5.74) is 4.94. The molecule has 0 bridgehead atoms. The molecule has 5 rings (SSSR count).